The lowest BCUT2D eigenvalue weighted by atomic mass is 10.1. The molecule has 36 heavy (non-hydrogen) atoms. The van der Waals surface area contributed by atoms with Gasteiger partial charge in [0.25, 0.3) is 0 Å². The van der Waals surface area contributed by atoms with Gasteiger partial charge < -0.3 is 10.2 Å². The van der Waals surface area contributed by atoms with Gasteiger partial charge in [0.2, 0.25) is 21.8 Å². The van der Waals surface area contributed by atoms with Crippen molar-refractivity contribution in [1.82, 2.24) is 10.2 Å². The molecule has 0 fully saturated rings. The van der Waals surface area contributed by atoms with Crippen LogP contribution in [0.15, 0.2) is 42.5 Å². The number of halogens is 1. The molecule has 0 bridgehead atoms. The minimum atomic E-state index is -3.56. The molecule has 7 nitrogen and oxygen atoms in total. The number of benzene rings is 2. The molecule has 0 aliphatic carbocycles. The van der Waals surface area contributed by atoms with Crippen LogP contribution in [0.1, 0.15) is 56.2 Å². The topological polar surface area (TPSA) is 86.8 Å². The summed E-state index contributed by atoms with van der Waals surface area (Å²) in [6, 6.07) is 10.7. The third-order valence-electron chi connectivity index (χ3n) is 5.91. The lowest BCUT2D eigenvalue weighted by Gasteiger charge is -2.29. The van der Waals surface area contributed by atoms with Crippen molar-refractivity contribution >= 4 is 27.5 Å². The normalized spacial score (nSPS) is 12.2. The van der Waals surface area contributed by atoms with Crippen molar-refractivity contribution in [2.75, 3.05) is 23.7 Å². The second-order valence-corrected chi connectivity index (χ2v) is 11.2. The average Bonchev–Trinajstić information content (AvgIpc) is 2.79. The Morgan fingerprint density at radius 3 is 2.19 bits per heavy atom. The van der Waals surface area contributed by atoms with Gasteiger partial charge in [0.1, 0.15) is 11.9 Å². The van der Waals surface area contributed by atoms with Crippen LogP contribution in [0.2, 0.25) is 0 Å². The summed E-state index contributed by atoms with van der Waals surface area (Å²) >= 11 is 0. The van der Waals surface area contributed by atoms with Gasteiger partial charge >= 0.3 is 0 Å². The van der Waals surface area contributed by atoms with Crippen LogP contribution in [0.5, 0.6) is 0 Å². The van der Waals surface area contributed by atoms with Gasteiger partial charge in [-0.15, -0.1) is 0 Å². The van der Waals surface area contributed by atoms with Crippen molar-refractivity contribution in [3.8, 4) is 0 Å². The van der Waals surface area contributed by atoms with E-state index in [1.165, 1.54) is 21.3 Å². The van der Waals surface area contributed by atoms with E-state index in [1.807, 2.05) is 26.8 Å². The number of anilines is 1. The van der Waals surface area contributed by atoms with E-state index in [2.05, 4.69) is 5.32 Å². The molecule has 0 heterocycles. The number of rotatable bonds is 13. The van der Waals surface area contributed by atoms with Gasteiger partial charge in [-0.3, -0.25) is 13.9 Å². The minimum absolute atomic E-state index is 0.0601. The Kier molecular flexibility index (Phi) is 10.9. The molecule has 2 amide bonds. The molecular formula is C27H38FN3O4S. The Bertz CT molecular complexity index is 1120. The standard InChI is InChI=1S/C27H38FN3O4S/c1-6-7-14-29-27(33)22(4)30(19-23-10-12-24(28)13-11-23)26(32)9-8-15-31(36(5,34)35)25-17-20(2)16-21(3)18-25/h10-13,16-18,22H,6-9,14-15,19H2,1-5H3,(H,29,33). The number of unbranched alkanes of at least 4 members (excludes halogenated alkanes) is 1. The second kappa shape index (κ2) is 13.4. The molecule has 1 unspecified atom stereocenters. The molecule has 0 aliphatic rings. The lowest BCUT2D eigenvalue weighted by molar-refractivity contribution is -0.140. The van der Waals surface area contributed by atoms with Gasteiger partial charge in [-0.1, -0.05) is 31.5 Å². The monoisotopic (exact) mass is 519 g/mol. The molecule has 198 valence electrons. The number of carbonyl (C=O) groups excluding carboxylic acids is 2. The van der Waals surface area contributed by atoms with E-state index >= 15 is 0 Å². The van der Waals surface area contributed by atoms with Gasteiger partial charge in [-0.25, -0.2) is 12.8 Å². The molecule has 1 N–H and O–H groups in total. The zero-order valence-electron chi connectivity index (χ0n) is 21.9. The highest BCUT2D eigenvalue weighted by Crippen LogP contribution is 2.22. The van der Waals surface area contributed by atoms with Crippen molar-refractivity contribution in [3.63, 3.8) is 0 Å². The van der Waals surface area contributed by atoms with Crippen LogP contribution in [-0.2, 0) is 26.2 Å². The number of amides is 2. The minimum Gasteiger partial charge on any atom is -0.354 e. The number of aryl methyl sites for hydroxylation is 2. The van der Waals surface area contributed by atoms with Crippen molar-refractivity contribution < 1.29 is 22.4 Å². The summed E-state index contributed by atoms with van der Waals surface area (Å²) in [5, 5.41) is 2.86. The first kappa shape index (κ1) is 29.3. The molecule has 0 aliphatic heterocycles. The van der Waals surface area contributed by atoms with Crippen LogP contribution in [-0.4, -0.2) is 50.5 Å². The van der Waals surface area contributed by atoms with Crippen LogP contribution in [0.4, 0.5) is 10.1 Å². The molecule has 2 aromatic rings. The van der Waals surface area contributed by atoms with Gasteiger partial charge in [0, 0.05) is 26.1 Å². The maximum absolute atomic E-state index is 13.4. The summed E-state index contributed by atoms with van der Waals surface area (Å²) in [5.41, 5.74) is 3.16. The molecule has 2 aromatic carbocycles. The Labute approximate surface area is 214 Å². The summed E-state index contributed by atoms with van der Waals surface area (Å²) in [6.07, 6.45) is 3.26. The van der Waals surface area contributed by atoms with E-state index in [0.717, 1.165) is 30.2 Å². The highest BCUT2D eigenvalue weighted by atomic mass is 32.2. The highest BCUT2D eigenvalue weighted by Gasteiger charge is 2.26. The number of sulfonamides is 1. The maximum atomic E-state index is 13.4. The van der Waals surface area contributed by atoms with E-state index in [9.17, 15) is 22.4 Å². The lowest BCUT2D eigenvalue weighted by Crippen LogP contribution is -2.48. The number of hydrogen-bond donors (Lipinski definition) is 1. The molecule has 0 spiro atoms. The molecule has 9 heteroatoms. The van der Waals surface area contributed by atoms with Crippen LogP contribution in [0.25, 0.3) is 0 Å². The zero-order chi connectivity index (χ0) is 26.9. The van der Waals surface area contributed by atoms with Gasteiger partial charge in [0.15, 0.2) is 0 Å². The molecule has 0 saturated carbocycles. The quantitative estimate of drug-likeness (QED) is 0.399. The number of nitrogens with one attached hydrogen (secondary N) is 1. The van der Waals surface area contributed by atoms with Crippen molar-refractivity contribution in [3.05, 3.63) is 65.0 Å². The smallest absolute Gasteiger partial charge is 0.242 e. The van der Waals surface area contributed by atoms with Crippen molar-refractivity contribution in [2.24, 2.45) is 0 Å². The van der Waals surface area contributed by atoms with E-state index in [1.54, 1.807) is 31.2 Å². The van der Waals surface area contributed by atoms with Crippen molar-refractivity contribution in [1.29, 1.82) is 0 Å². The van der Waals surface area contributed by atoms with E-state index in [-0.39, 0.29) is 43.6 Å². The number of hydrogen-bond acceptors (Lipinski definition) is 4. The van der Waals surface area contributed by atoms with Crippen LogP contribution in [0, 0.1) is 19.7 Å². The molecule has 0 aromatic heterocycles. The molecule has 0 saturated heterocycles. The fraction of sp³-hybridized carbons (Fsp3) is 0.481. The predicted molar refractivity (Wildman–Crippen MR) is 142 cm³/mol. The van der Waals surface area contributed by atoms with Crippen LogP contribution < -0.4 is 9.62 Å². The van der Waals surface area contributed by atoms with Gasteiger partial charge in [-0.2, -0.15) is 0 Å². The Hall–Kier alpha value is -2.94. The fourth-order valence-corrected chi connectivity index (χ4v) is 4.95. The summed E-state index contributed by atoms with van der Waals surface area (Å²) in [5.74, 6) is -0.910. The second-order valence-electron chi connectivity index (χ2n) is 9.25. The molecule has 1 atom stereocenters. The summed E-state index contributed by atoms with van der Waals surface area (Å²) in [6.45, 7) is 8.31. The van der Waals surface area contributed by atoms with Gasteiger partial charge in [0.05, 0.1) is 11.9 Å². The Morgan fingerprint density at radius 2 is 1.64 bits per heavy atom. The highest BCUT2D eigenvalue weighted by molar-refractivity contribution is 7.92. The van der Waals surface area contributed by atoms with Crippen molar-refractivity contribution in [2.45, 2.75) is 66.0 Å². The van der Waals surface area contributed by atoms with Gasteiger partial charge in [-0.05, 0) is 74.6 Å². The van der Waals surface area contributed by atoms with Crippen LogP contribution >= 0.6 is 0 Å². The summed E-state index contributed by atoms with van der Waals surface area (Å²) in [7, 11) is -3.56. The average molecular weight is 520 g/mol. The van der Waals surface area contributed by atoms with E-state index in [0.29, 0.717) is 17.8 Å². The molecule has 2 rings (SSSR count). The van der Waals surface area contributed by atoms with E-state index in [4.69, 9.17) is 0 Å². The Morgan fingerprint density at radius 1 is 1.03 bits per heavy atom. The zero-order valence-corrected chi connectivity index (χ0v) is 22.7. The number of nitrogens with zero attached hydrogens (tertiary/aromatic N) is 2. The van der Waals surface area contributed by atoms with E-state index < -0.39 is 16.1 Å². The largest absolute Gasteiger partial charge is 0.354 e. The Balaban J connectivity index is 2.16. The molecule has 0 radical (unpaired) electrons. The third kappa shape index (κ3) is 8.93. The predicted octanol–water partition coefficient (Wildman–Crippen LogP) is 4.32. The number of carbonyl (C=O) groups is 2. The third-order valence-corrected chi connectivity index (χ3v) is 7.10. The maximum Gasteiger partial charge on any atom is 0.242 e. The first-order chi connectivity index (χ1) is 16.9. The summed E-state index contributed by atoms with van der Waals surface area (Å²) < 4.78 is 39.7. The van der Waals surface area contributed by atoms with Crippen LogP contribution in [0.3, 0.4) is 0 Å². The fourth-order valence-electron chi connectivity index (χ4n) is 4.00. The first-order valence-electron chi connectivity index (χ1n) is 12.3. The SMILES string of the molecule is CCCCNC(=O)C(C)N(Cc1ccc(F)cc1)C(=O)CCCN(c1cc(C)cc(C)c1)S(C)(=O)=O. The first-order valence-corrected chi connectivity index (χ1v) is 14.1. The molecular weight excluding hydrogens is 481 g/mol. The summed E-state index contributed by atoms with van der Waals surface area (Å²) in [4.78, 5) is 27.5.